The third-order valence-corrected chi connectivity index (χ3v) is 3.85. The number of nitrogens with two attached hydrogens (primary N) is 1. The van der Waals surface area contributed by atoms with E-state index >= 15 is 0 Å². The molecule has 6 nitrogen and oxygen atoms in total. The number of aromatic hydroxyl groups is 1. The van der Waals surface area contributed by atoms with Gasteiger partial charge in [-0.2, -0.15) is 0 Å². The van der Waals surface area contributed by atoms with Gasteiger partial charge in [-0.15, -0.1) is 0 Å². The Morgan fingerprint density at radius 2 is 2.05 bits per heavy atom. The van der Waals surface area contributed by atoms with Crippen molar-refractivity contribution in [1.29, 1.82) is 0 Å². The summed E-state index contributed by atoms with van der Waals surface area (Å²) >= 11 is 5.82. The van der Waals surface area contributed by atoms with Crippen LogP contribution < -0.4 is 11.1 Å². The molecule has 108 valence electrons. The van der Waals surface area contributed by atoms with E-state index in [-0.39, 0.29) is 17.1 Å². The molecule has 1 aliphatic carbocycles. The lowest BCUT2D eigenvalue weighted by molar-refractivity contribution is 0.0920. The van der Waals surface area contributed by atoms with Crippen LogP contribution in [0.1, 0.15) is 36.0 Å². The molecule has 0 atom stereocenters. The quantitative estimate of drug-likeness (QED) is 0.295. The zero-order valence-corrected chi connectivity index (χ0v) is 11.5. The molecule has 5 N–H and O–H groups in total. The molecule has 1 fully saturated rings. The molecule has 2 rings (SSSR count). The SMILES string of the molecule is N/C(=N/O)C1(NC(=O)c2cc(Cl)ccc2O)CCCC1. The molecule has 0 unspecified atom stereocenters. The van der Waals surface area contributed by atoms with Crippen molar-refractivity contribution in [3.05, 3.63) is 28.8 Å². The summed E-state index contributed by atoms with van der Waals surface area (Å²) in [5.41, 5.74) is 4.91. The van der Waals surface area contributed by atoms with Gasteiger partial charge in [0.25, 0.3) is 5.91 Å². The highest BCUT2D eigenvalue weighted by molar-refractivity contribution is 6.31. The van der Waals surface area contributed by atoms with E-state index in [9.17, 15) is 9.90 Å². The van der Waals surface area contributed by atoms with Gasteiger partial charge >= 0.3 is 0 Å². The van der Waals surface area contributed by atoms with Gasteiger partial charge in [-0.3, -0.25) is 4.79 Å². The molecule has 7 heteroatoms. The van der Waals surface area contributed by atoms with E-state index in [2.05, 4.69) is 10.5 Å². The minimum atomic E-state index is -0.861. The fourth-order valence-corrected chi connectivity index (χ4v) is 2.67. The van der Waals surface area contributed by atoms with Crippen molar-refractivity contribution in [1.82, 2.24) is 5.32 Å². The predicted molar refractivity (Wildman–Crippen MR) is 75.2 cm³/mol. The zero-order valence-electron chi connectivity index (χ0n) is 10.8. The smallest absolute Gasteiger partial charge is 0.255 e. The molecular weight excluding hydrogens is 282 g/mol. The molecule has 0 heterocycles. The molecular formula is C13H16ClN3O3. The number of rotatable bonds is 3. The highest BCUT2D eigenvalue weighted by Crippen LogP contribution is 2.31. The molecule has 0 spiro atoms. The third-order valence-electron chi connectivity index (χ3n) is 3.61. The summed E-state index contributed by atoms with van der Waals surface area (Å²) < 4.78 is 0. The van der Waals surface area contributed by atoms with Crippen LogP contribution in [0, 0.1) is 0 Å². The van der Waals surface area contributed by atoms with Crippen LogP contribution in [0.25, 0.3) is 0 Å². The first kappa shape index (κ1) is 14.5. The van der Waals surface area contributed by atoms with Crippen LogP contribution in [-0.2, 0) is 0 Å². The van der Waals surface area contributed by atoms with Gasteiger partial charge in [0, 0.05) is 5.02 Å². The number of amides is 1. The van der Waals surface area contributed by atoms with Gasteiger partial charge in [0.2, 0.25) is 0 Å². The first-order chi connectivity index (χ1) is 9.48. The number of oxime groups is 1. The largest absolute Gasteiger partial charge is 0.507 e. The van der Waals surface area contributed by atoms with Crippen molar-refractivity contribution < 1.29 is 15.1 Å². The van der Waals surface area contributed by atoms with E-state index in [1.54, 1.807) is 0 Å². The van der Waals surface area contributed by atoms with Crippen LogP contribution >= 0.6 is 11.6 Å². The third kappa shape index (κ3) is 2.65. The fraction of sp³-hybridized carbons (Fsp3) is 0.385. The standard InChI is InChI=1S/C13H16ClN3O3/c14-8-3-4-10(18)9(7-8)11(19)16-13(12(15)17-20)5-1-2-6-13/h3-4,7,18,20H,1-2,5-6H2,(H2,15,17)(H,16,19). The second-order valence-electron chi connectivity index (χ2n) is 4.89. The number of hydrogen-bond donors (Lipinski definition) is 4. The minimum Gasteiger partial charge on any atom is -0.507 e. The Labute approximate surface area is 121 Å². The van der Waals surface area contributed by atoms with Crippen LogP contribution in [0.15, 0.2) is 23.4 Å². The predicted octanol–water partition coefficient (Wildman–Crippen LogP) is 1.83. The highest BCUT2D eigenvalue weighted by Gasteiger charge is 2.40. The van der Waals surface area contributed by atoms with Gasteiger partial charge in [-0.25, -0.2) is 0 Å². The summed E-state index contributed by atoms with van der Waals surface area (Å²) in [4.78, 5) is 12.3. The fourth-order valence-electron chi connectivity index (χ4n) is 2.49. The van der Waals surface area contributed by atoms with E-state index in [1.165, 1.54) is 18.2 Å². The Morgan fingerprint density at radius 1 is 1.40 bits per heavy atom. The van der Waals surface area contributed by atoms with Crippen molar-refractivity contribution >= 4 is 23.3 Å². The normalized spacial score (nSPS) is 17.9. The van der Waals surface area contributed by atoms with Gasteiger partial charge in [-0.05, 0) is 31.0 Å². The Hall–Kier alpha value is -1.95. The number of nitrogens with zero attached hydrogens (tertiary/aromatic N) is 1. The van der Waals surface area contributed by atoms with Gasteiger partial charge in [0.15, 0.2) is 5.84 Å². The van der Waals surface area contributed by atoms with Crippen LogP contribution in [0.3, 0.4) is 0 Å². The number of halogens is 1. The van der Waals surface area contributed by atoms with Gasteiger partial charge < -0.3 is 21.4 Å². The second-order valence-corrected chi connectivity index (χ2v) is 5.33. The number of carbonyl (C=O) groups is 1. The summed E-state index contributed by atoms with van der Waals surface area (Å²) in [6.07, 6.45) is 2.93. The van der Waals surface area contributed by atoms with Gasteiger partial charge in [0.1, 0.15) is 11.3 Å². The highest BCUT2D eigenvalue weighted by atomic mass is 35.5. The van der Waals surface area contributed by atoms with Crippen molar-refractivity contribution in [3.63, 3.8) is 0 Å². The van der Waals surface area contributed by atoms with Crippen LogP contribution in [0.2, 0.25) is 5.02 Å². The van der Waals surface area contributed by atoms with Crippen molar-refractivity contribution in [3.8, 4) is 5.75 Å². The number of phenolic OH excluding ortho intramolecular Hbond substituents is 1. The number of benzene rings is 1. The first-order valence-electron chi connectivity index (χ1n) is 6.27. The Balaban J connectivity index is 2.27. The van der Waals surface area contributed by atoms with E-state index in [0.29, 0.717) is 17.9 Å². The number of nitrogens with one attached hydrogen (secondary N) is 1. The molecule has 1 aromatic carbocycles. The Morgan fingerprint density at radius 3 is 2.65 bits per heavy atom. The summed E-state index contributed by atoms with van der Waals surface area (Å²) in [7, 11) is 0. The molecule has 0 aliphatic heterocycles. The van der Waals surface area contributed by atoms with Crippen molar-refractivity contribution in [2.75, 3.05) is 0 Å². The van der Waals surface area contributed by atoms with E-state index < -0.39 is 11.4 Å². The number of phenols is 1. The zero-order chi connectivity index (χ0) is 14.8. The summed E-state index contributed by atoms with van der Waals surface area (Å²) in [6, 6.07) is 4.21. The minimum absolute atomic E-state index is 0.0233. The Kier molecular flexibility index (Phi) is 4.04. The van der Waals surface area contributed by atoms with Gasteiger partial charge in [0.05, 0.1) is 5.56 Å². The molecule has 0 saturated heterocycles. The summed E-state index contributed by atoms with van der Waals surface area (Å²) in [5, 5.41) is 24.7. The molecule has 0 radical (unpaired) electrons. The molecule has 1 aromatic rings. The maximum atomic E-state index is 12.3. The summed E-state index contributed by atoms with van der Waals surface area (Å²) in [5.74, 6) is -0.692. The first-order valence-corrected chi connectivity index (χ1v) is 6.65. The number of hydrogen-bond acceptors (Lipinski definition) is 4. The van der Waals surface area contributed by atoms with Gasteiger partial charge in [-0.1, -0.05) is 29.6 Å². The van der Waals surface area contributed by atoms with Crippen LogP contribution in [0.4, 0.5) is 0 Å². The molecule has 1 amide bonds. The van der Waals surface area contributed by atoms with E-state index in [0.717, 1.165) is 12.8 Å². The topological polar surface area (TPSA) is 108 Å². The number of amidine groups is 1. The second kappa shape index (κ2) is 5.58. The van der Waals surface area contributed by atoms with Crippen molar-refractivity contribution in [2.45, 2.75) is 31.2 Å². The van der Waals surface area contributed by atoms with Crippen molar-refractivity contribution in [2.24, 2.45) is 10.9 Å². The van der Waals surface area contributed by atoms with Crippen LogP contribution in [0.5, 0.6) is 5.75 Å². The summed E-state index contributed by atoms with van der Waals surface area (Å²) in [6.45, 7) is 0. The molecule has 1 saturated carbocycles. The molecule has 1 aliphatic rings. The average Bonchev–Trinajstić information content (AvgIpc) is 2.90. The lowest BCUT2D eigenvalue weighted by Crippen LogP contribution is -2.55. The molecule has 0 bridgehead atoms. The maximum Gasteiger partial charge on any atom is 0.255 e. The lowest BCUT2D eigenvalue weighted by Gasteiger charge is -2.28. The lowest BCUT2D eigenvalue weighted by atomic mass is 9.95. The maximum absolute atomic E-state index is 12.3. The number of carbonyl (C=O) groups excluding carboxylic acids is 1. The Bertz CT molecular complexity index is 554. The van der Waals surface area contributed by atoms with Crippen LogP contribution in [-0.4, -0.2) is 27.6 Å². The molecule has 20 heavy (non-hydrogen) atoms. The van der Waals surface area contributed by atoms with E-state index in [1.807, 2.05) is 0 Å². The average molecular weight is 298 g/mol. The molecule has 0 aromatic heterocycles. The monoisotopic (exact) mass is 297 g/mol. The van der Waals surface area contributed by atoms with E-state index in [4.69, 9.17) is 22.5 Å².